The van der Waals surface area contributed by atoms with Crippen LogP contribution < -0.4 is 10.1 Å². The number of carbonyl (C=O) groups excluding carboxylic acids is 1. The first kappa shape index (κ1) is 13.6. The fraction of sp³-hybridized carbons (Fsp3) is 0.214. The second-order valence-electron chi connectivity index (χ2n) is 4.44. The molecule has 0 aliphatic carbocycles. The third-order valence-corrected chi connectivity index (χ3v) is 3.90. The van der Waals surface area contributed by atoms with Gasteiger partial charge in [-0.1, -0.05) is 11.3 Å². The number of fused-ring (bicyclic) bond motifs is 1. The van der Waals surface area contributed by atoms with E-state index in [4.69, 9.17) is 4.74 Å². The van der Waals surface area contributed by atoms with Gasteiger partial charge in [0.1, 0.15) is 5.75 Å². The third kappa shape index (κ3) is 2.73. The van der Waals surface area contributed by atoms with Gasteiger partial charge in [0.25, 0.3) is 5.91 Å². The lowest BCUT2D eigenvalue weighted by Gasteiger charge is -2.00. The number of aryl methyl sites for hydroxylation is 1. The molecule has 0 atom stereocenters. The van der Waals surface area contributed by atoms with Crippen molar-refractivity contribution in [2.75, 3.05) is 11.9 Å². The van der Waals surface area contributed by atoms with Crippen molar-refractivity contribution in [1.29, 1.82) is 0 Å². The molecule has 2 aromatic heterocycles. The van der Waals surface area contributed by atoms with E-state index < -0.39 is 0 Å². The fourth-order valence-electron chi connectivity index (χ4n) is 1.96. The molecule has 0 unspecified atom stereocenters. The number of aromatic amines is 1. The first-order chi connectivity index (χ1) is 10.2. The standard InChI is InChI=1S/C14H14N4O2S/c1-3-20-9-4-5-11-12(6-9)21-14(16-11)17-13(19)10-7-15-18-8(10)2/h4-7H,3H2,1-2H3,(H,15,18)(H,16,17,19). The number of hydrogen-bond acceptors (Lipinski definition) is 5. The van der Waals surface area contributed by atoms with E-state index in [1.54, 1.807) is 6.92 Å². The topological polar surface area (TPSA) is 79.9 Å². The van der Waals surface area contributed by atoms with Crippen LogP contribution in [-0.4, -0.2) is 27.7 Å². The summed E-state index contributed by atoms with van der Waals surface area (Å²) in [6.45, 7) is 4.36. The Balaban J connectivity index is 1.84. The van der Waals surface area contributed by atoms with E-state index in [2.05, 4.69) is 20.5 Å². The van der Waals surface area contributed by atoms with Gasteiger partial charge in [0.2, 0.25) is 0 Å². The SMILES string of the molecule is CCOc1ccc2nc(NC(=O)c3cn[nH]c3C)sc2c1. The van der Waals surface area contributed by atoms with Crippen LogP contribution in [0.25, 0.3) is 10.2 Å². The minimum atomic E-state index is -0.217. The monoisotopic (exact) mass is 302 g/mol. The highest BCUT2D eigenvalue weighted by atomic mass is 32.1. The van der Waals surface area contributed by atoms with Crippen molar-refractivity contribution in [3.8, 4) is 5.75 Å². The van der Waals surface area contributed by atoms with Gasteiger partial charge in [0.15, 0.2) is 5.13 Å². The van der Waals surface area contributed by atoms with E-state index in [1.165, 1.54) is 17.5 Å². The van der Waals surface area contributed by atoms with Crippen molar-refractivity contribution in [2.45, 2.75) is 13.8 Å². The Kier molecular flexibility index (Phi) is 3.57. The fourth-order valence-corrected chi connectivity index (χ4v) is 2.85. The number of H-pyrrole nitrogens is 1. The lowest BCUT2D eigenvalue weighted by molar-refractivity contribution is 0.102. The average molecular weight is 302 g/mol. The molecule has 1 aromatic carbocycles. The van der Waals surface area contributed by atoms with Crippen molar-refractivity contribution >= 4 is 32.6 Å². The van der Waals surface area contributed by atoms with Crippen LogP contribution in [0.15, 0.2) is 24.4 Å². The number of anilines is 1. The van der Waals surface area contributed by atoms with Crippen molar-refractivity contribution < 1.29 is 9.53 Å². The highest BCUT2D eigenvalue weighted by Gasteiger charge is 2.13. The molecular weight excluding hydrogens is 288 g/mol. The number of aromatic nitrogens is 3. The molecule has 0 aliphatic heterocycles. The molecule has 0 fully saturated rings. The van der Waals surface area contributed by atoms with Gasteiger partial charge >= 0.3 is 0 Å². The van der Waals surface area contributed by atoms with Crippen molar-refractivity contribution in [3.63, 3.8) is 0 Å². The summed E-state index contributed by atoms with van der Waals surface area (Å²) < 4.78 is 6.43. The van der Waals surface area contributed by atoms with Crippen LogP contribution in [-0.2, 0) is 0 Å². The summed E-state index contributed by atoms with van der Waals surface area (Å²) >= 11 is 1.42. The molecule has 1 amide bonds. The number of benzene rings is 1. The van der Waals surface area contributed by atoms with Gasteiger partial charge in [-0.2, -0.15) is 5.10 Å². The summed E-state index contributed by atoms with van der Waals surface area (Å²) in [5, 5.41) is 9.93. The summed E-state index contributed by atoms with van der Waals surface area (Å²) in [7, 11) is 0. The summed E-state index contributed by atoms with van der Waals surface area (Å²) in [6.07, 6.45) is 1.51. The van der Waals surface area contributed by atoms with Crippen LogP contribution in [0.4, 0.5) is 5.13 Å². The minimum absolute atomic E-state index is 0.217. The van der Waals surface area contributed by atoms with E-state index in [-0.39, 0.29) is 5.91 Å². The lowest BCUT2D eigenvalue weighted by atomic mass is 10.2. The van der Waals surface area contributed by atoms with Gasteiger partial charge in [-0.3, -0.25) is 15.2 Å². The highest BCUT2D eigenvalue weighted by Crippen LogP contribution is 2.29. The Labute approximate surface area is 125 Å². The molecule has 0 radical (unpaired) electrons. The van der Waals surface area contributed by atoms with Gasteiger partial charge in [-0.15, -0.1) is 0 Å². The quantitative estimate of drug-likeness (QED) is 0.776. The van der Waals surface area contributed by atoms with Gasteiger partial charge in [-0.05, 0) is 32.0 Å². The first-order valence-corrected chi connectivity index (χ1v) is 7.33. The molecule has 108 valence electrons. The summed E-state index contributed by atoms with van der Waals surface area (Å²) in [5.41, 5.74) is 2.08. The number of ether oxygens (including phenoxy) is 1. The molecule has 0 aliphatic rings. The number of rotatable bonds is 4. The Bertz CT molecular complexity index is 793. The first-order valence-electron chi connectivity index (χ1n) is 6.52. The number of nitrogens with one attached hydrogen (secondary N) is 2. The van der Waals surface area contributed by atoms with Crippen LogP contribution in [0.5, 0.6) is 5.75 Å². The molecule has 21 heavy (non-hydrogen) atoms. The number of nitrogens with zero attached hydrogens (tertiary/aromatic N) is 2. The minimum Gasteiger partial charge on any atom is -0.494 e. The molecule has 3 aromatic rings. The normalized spacial score (nSPS) is 10.8. The molecule has 3 rings (SSSR count). The van der Waals surface area contributed by atoms with Crippen molar-refractivity contribution in [2.24, 2.45) is 0 Å². The Morgan fingerprint density at radius 1 is 1.48 bits per heavy atom. The maximum atomic E-state index is 12.1. The molecule has 7 heteroatoms. The van der Waals surface area contributed by atoms with Gasteiger partial charge in [0.05, 0.1) is 28.6 Å². The predicted molar refractivity (Wildman–Crippen MR) is 82.1 cm³/mol. The Morgan fingerprint density at radius 3 is 3.05 bits per heavy atom. The summed E-state index contributed by atoms with van der Waals surface area (Å²) in [4.78, 5) is 16.5. The number of carbonyl (C=O) groups is 1. The van der Waals surface area contributed by atoms with Crippen LogP contribution in [0.1, 0.15) is 23.0 Å². The van der Waals surface area contributed by atoms with E-state index in [0.29, 0.717) is 17.3 Å². The van der Waals surface area contributed by atoms with E-state index in [9.17, 15) is 4.79 Å². The summed E-state index contributed by atoms with van der Waals surface area (Å²) in [5.74, 6) is 0.586. The van der Waals surface area contributed by atoms with Crippen molar-refractivity contribution in [1.82, 2.24) is 15.2 Å². The average Bonchev–Trinajstić information content (AvgIpc) is 3.04. The molecule has 2 N–H and O–H groups in total. The van der Waals surface area contributed by atoms with E-state index >= 15 is 0 Å². The van der Waals surface area contributed by atoms with Crippen LogP contribution >= 0.6 is 11.3 Å². The number of hydrogen-bond donors (Lipinski definition) is 2. The molecule has 0 bridgehead atoms. The van der Waals surface area contributed by atoms with Gasteiger partial charge in [0, 0.05) is 5.69 Å². The molecule has 2 heterocycles. The van der Waals surface area contributed by atoms with Crippen LogP contribution in [0.3, 0.4) is 0 Å². The zero-order valence-electron chi connectivity index (χ0n) is 11.6. The molecular formula is C14H14N4O2S. The molecule has 0 saturated carbocycles. The maximum absolute atomic E-state index is 12.1. The lowest BCUT2D eigenvalue weighted by Crippen LogP contribution is -2.11. The second-order valence-corrected chi connectivity index (χ2v) is 5.48. The third-order valence-electron chi connectivity index (χ3n) is 2.97. The van der Waals surface area contributed by atoms with E-state index in [0.717, 1.165) is 21.7 Å². The molecule has 6 nitrogen and oxygen atoms in total. The van der Waals surface area contributed by atoms with Crippen LogP contribution in [0.2, 0.25) is 0 Å². The van der Waals surface area contributed by atoms with E-state index in [1.807, 2.05) is 25.1 Å². The zero-order chi connectivity index (χ0) is 14.8. The summed E-state index contributed by atoms with van der Waals surface area (Å²) in [6, 6.07) is 5.68. The Morgan fingerprint density at radius 2 is 2.33 bits per heavy atom. The maximum Gasteiger partial charge on any atom is 0.260 e. The molecule has 0 saturated heterocycles. The number of thiazole rings is 1. The Hall–Kier alpha value is -2.41. The predicted octanol–water partition coefficient (Wildman–Crippen LogP) is 2.98. The van der Waals surface area contributed by atoms with Gasteiger partial charge < -0.3 is 4.74 Å². The smallest absolute Gasteiger partial charge is 0.260 e. The molecule has 0 spiro atoms. The van der Waals surface area contributed by atoms with Gasteiger partial charge in [-0.25, -0.2) is 4.98 Å². The van der Waals surface area contributed by atoms with Crippen molar-refractivity contribution in [3.05, 3.63) is 35.7 Å². The van der Waals surface area contributed by atoms with Crippen LogP contribution in [0, 0.1) is 6.92 Å². The highest BCUT2D eigenvalue weighted by molar-refractivity contribution is 7.22. The second kappa shape index (κ2) is 5.53. The number of amides is 1. The largest absolute Gasteiger partial charge is 0.494 e. The zero-order valence-corrected chi connectivity index (χ0v) is 12.5.